The molecule has 2 fully saturated rings. The van der Waals surface area contributed by atoms with Crippen LogP contribution in [0.4, 0.5) is 0 Å². The molecule has 0 N–H and O–H groups in total. The standard InChI is InChI=1S/C15H21ClN2O2/c1-9-11(16)12(20-17-9)13(19)18-8-15(4)6-10(18)5-14(2,3)7-15/h10H,5-8H2,1-4H3/t10-,15+/m1/s1. The van der Waals surface area contributed by atoms with E-state index in [1.807, 2.05) is 4.90 Å². The van der Waals surface area contributed by atoms with Crippen molar-refractivity contribution in [2.24, 2.45) is 10.8 Å². The zero-order chi connectivity index (χ0) is 14.7. The van der Waals surface area contributed by atoms with Crippen LogP contribution in [0, 0.1) is 17.8 Å². The third kappa shape index (κ3) is 2.14. The van der Waals surface area contributed by atoms with Gasteiger partial charge < -0.3 is 9.42 Å². The van der Waals surface area contributed by atoms with Gasteiger partial charge >= 0.3 is 0 Å². The Hall–Kier alpha value is -1.03. The number of hydrogen-bond donors (Lipinski definition) is 0. The van der Waals surface area contributed by atoms with Crippen LogP contribution in [0.3, 0.4) is 0 Å². The van der Waals surface area contributed by atoms with Crippen LogP contribution in [0.2, 0.25) is 5.02 Å². The molecule has 1 amide bonds. The molecule has 0 spiro atoms. The monoisotopic (exact) mass is 296 g/mol. The number of carbonyl (C=O) groups is 1. The highest BCUT2D eigenvalue weighted by Gasteiger charge is 2.51. The van der Waals surface area contributed by atoms with Gasteiger partial charge in [0.05, 0.1) is 5.69 Å². The van der Waals surface area contributed by atoms with E-state index in [0.717, 1.165) is 25.8 Å². The van der Waals surface area contributed by atoms with Gasteiger partial charge in [-0.1, -0.05) is 37.5 Å². The number of nitrogens with zero attached hydrogens (tertiary/aromatic N) is 2. The highest BCUT2D eigenvalue weighted by molar-refractivity contribution is 6.33. The smallest absolute Gasteiger partial charge is 0.294 e. The van der Waals surface area contributed by atoms with E-state index in [1.165, 1.54) is 0 Å². The minimum absolute atomic E-state index is 0.109. The Kier molecular flexibility index (Phi) is 2.95. The largest absolute Gasteiger partial charge is 0.349 e. The number of carbonyl (C=O) groups excluding carboxylic acids is 1. The number of halogens is 1. The molecule has 2 bridgehead atoms. The maximum Gasteiger partial charge on any atom is 0.294 e. The van der Waals surface area contributed by atoms with Crippen LogP contribution >= 0.6 is 11.6 Å². The third-order valence-corrected chi connectivity index (χ3v) is 5.11. The summed E-state index contributed by atoms with van der Waals surface area (Å²) in [6, 6.07) is 0.290. The van der Waals surface area contributed by atoms with E-state index in [4.69, 9.17) is 16.1 Å². The summed E-state index contributed by atoms with van der Waals surface area (Å²) in [5.74, 6) is 0.0835. The molecule has 3 rings (SSSR count). The van der Waals surface area contributed by atoms with Gasteiger partial charge in [0, 0.05) is 12.6 Å². The van der Waals surface area contributed by atoms with E-state index in [1.54, 1.807) is 6.92 Å². The van der Waals surface area contributed by atoms with Crippen molar-refractivity contribution in [2.75, 3.05) is 6.54 Å². The fraction of sp³-hybridized carbons (Fsp3) is 0.733. The number of rotatable bonds is 1. The number of amides is 1. The molecule has 2 atom stereocenters. The van der Waals surface area contributed by atoms with Crippen molar-refractivity contribution in [1.29, 1.82) is 0 Å². The van der Waals surface area contributed by atoms with Crippen LogP contribution in [0.15, 0.2) is 4.52 Å². The molecule has 0 aromatic carbocycles. The minimum atomic E-state index is -0.109. The van der Waals surface area contributed by atoms with Gasteiger partial charge in [-0.2, -0.15) is 0 Å². The highest BCUT2D eigenvalue weighted by atomic mass is 35.5. The summed E-state index contributed by atoms with van der Waals surface area (Å²) >= 11 is 6.11. The predicted molar refractivity (Wildman–Crippen MR) is 76.8 cm³/mol. The van der Waals surface area contributed by atoms with Crippen molar-refractivity contribution in [3.05, 3.63) is 16.5 Å². The third-order valence-electron chi connectivity index (χ3n) is 4.66. The summed E-state index contributed by atoms with van der Waals surface area (Å²) in [4.78, 5) is 14.6. The van der Waals surface area contributed by atoms with E-state index in [2.05, 4.69) is 25.9 Å². The van der Waals surface area contributed by atoms with Crippen molar-refractivity contribution in [3.8, 4) is 0 Å². The number of hydrogen-bond acceptors (Lipinski definition) is 3. The molecular formula is C15H21ClN2O2. The summed E-state index contributed by atoms with van der Waals surface area (Å²) < 4.78 is 5.13. The Morgan fingerprint density at radius 2 is 2.10 bits per heavy atom. The van der Waals surface area contributed by atoms with E-state index in [0.29, 0.717) is 10.7 Å². The van der Waals surface area contributed by atoms with Crippen LogP contribution in [-0.2, 0) is 0 Å². The molecule has 20 heavy (non-hydrogen) atoms. The summed E-state index contributed by atoms with van der Waals surface area (Å²) in [6.07, 6.45) is 3.27. The maximum atomic E-state index is 12.7. The van der Waals surface area contributed by atoms with E-state index in [9.17, 15) is 4.79 Å². The second-order valence-corrected chi connectivity index (χ2v) is 7.94. The summed E-state index contributed by atoms with van der Waals surface area (Å²) in [6.45, 7) is 9.39. The fourth-order valence-corrected chi connectivity index (χ4v) is 4.47. The van der Waals surface area contributed by atoms with Crippen LogP contribution in [0.1, 0.15) is 56.3 Å². The van der Waals surface area contributed by atoms with Gasteiger partial charge in [-0.15, -0.1) is 0 Å². The van der Waals surface area contributed by atoms with Gasteiger partial charge in [-0.25, -0.2) is 0 Å². The second kappa shape index (κ2) is 4.23. The average Bonchev–Trinajstić information content (AvgIpc) is 2.76. The summed E-state index contributed by atoms with van der Waals surface area (Å²) in [5.41, 5.74) is 1.07. The molecule has 4 nitrogen and oxygen atoms in total. The normalized spacial score (nSPS) is 31.6. The average molecular weight is 297 g/mol. The zero-order valence-electron chi connectivity index (χ0n) is 12.5. The number of aromatic nitrogens is 1. The van der Waals surface area contributed by atoms with Gasteiger partial charge in [-0.3, -0.25) is 4.79 Å². The van der Waals surface area contributed by atoms with Gasteiger partial charge in [-0.05, 0) is 37.0 Å². The molecular weight excluding hydrogens is 276 g/mol. The molecule has 110 valence electrons. The Morgan fingerprint density at radius 1 is 1.40 bits per heavy atom. The van der Waals surface area contributed by atoms with Crippen LogP contribution in [-0.4, -0.2) is 28.6 Å². The Bertz CT molecular complexity index is 566. The lowest BCUT2D eigenvalue weighted by molar-refractivity contribution is 0.0667. The fourth-order valence-electron chi connectivity index (χ4n) is 4.32. The van der Waals surface area contributed by atoms with Crippen molar-refractivity contribution in [1.82, 2.24) is 10.1 Å². The van der Waals surface area contributed by atoms with E-state index < -0.39 is 0 Å². The molecule has 1 aliphatic carbocycles. The van der Waals surface area contributed by atoms with Crippen LogP contribution in [0.5, 0.6) is 0 Å². The quantitative estimate of drug-likeness (QED) is 0.794. The van der Waals surface area contributed by atoms with Crippen LogP contribution < -0.4 is 0 Å². The van der Waals surface area contributed by atoms with Gasteiger partial charge in [0.15, 0.2) is 0 Å². The van der Waals surface area contributed by atoms with Crippen molar-refractivity contribution < 1.29 is 9.32 Å². The highest BCUT2D eigenvalue weighted by Crippen LogP contribution is 2.52. The first-order valence-electron chi connectivity index (χ1n) is 7.14. The molecule has 1 aliphatic heterocycles. The van der Waals surface area contributed by atoms with E-state index in [-0.39, 0.29) is 28.5 Å². The lowest BCUT2D eigenvalue weighted by Crippen LogP contribution is -2.37. The molecule has 2 heterocycles. The predicted octanol–water partition coefficient (Wildman–Crippen LogP) is 3.68. The molecule has 0 radical (unpaired) electrons. The van der Waals surface area contributed by atoms with Crippen molar-refractivity contribution in [3.63, 3.8) is 0 Å². The van der Waals surface area contributed by atoms with E-state index >= 15 is 0 Å². The first-order chi connectivity index (χ1) is 9.21. The molecule has 5 heteroatoms. The van der Waals surface area contributed by atoms with Gasteiger partial charge in [0.1, 0.15) is 5.02 Å². The molecule has 1 saturated heterocycles. The first kappa shape index (κ1) is 13.9. The second-order valence-electron chi connectivity index (χ2n) is 7.56. The van der Waals surface area contributed by atoms with Crippen molar-refractivity contribution >= 4 is 17.5 Å². The molecule has 2 aliphatic rings. The lowest BCUT2D eigenvalue weighted by atomic mass is 9.65. The zero-order valence-corrected chi connectivity index (χ0v) is 13.3. The Balaban J connectivity index is 1.89. The Labute approximate surface area is 124 Å². The number of fused-ring (bicyclic) bond motifs is 2. The molecule has 1 aromatic rings. The number of aryl methyl sites for hydroxylation is 1. The molecule has 1 saturated carbocycles. The molecule has 0 unspecified atom stereocenters. The minimum Gasteiger partial charge on any atom is -0.349 e. The Morgan fingerprint density at radius 3 is 2.70 bits per heavy atom. The summed E-state index contributed by atoms with van der Waals surface area (Å²) in [5, 5.41) is 4.13. The first-order valence-corrected chi connectivity index (χ1v) is 7.51. The SMILES string of the molecule is Cc1noc(C(=O)N2C[C@@]3(C)C[C@H]2CC(C)(C)C3)c1Cl. The summed E-state index contributed by atoms with van der Waals surface area (Å²) in [7, 11) is 0. The van der Waals surface area contributed by atoms with Gasteiger partial charge in [0.25, 0.3) is 5.91 Å². The maximum absolute atomic E-state index is 12.7. The van der Waals surface area contributed by atoms with Gasteiger partial charge in [0.2, 0.25) is 5.76 Å². The number of likely N-dealkylation sites (tertiary alicyclic amines) is 1. The molecule has 1 aromatic heterocycles. The topological polar surface area (TPSA) is 46.3 Å². The van der Waals surface area contributed by atoms with Crippen molar-refractivity contribution in [2.45, 2.75) is 53.0 Å². The lowest BCUT2D eigenvalue weighted by Gasteiger charge is -2.39. The van der Waals surface area contributed by atoms with Crippen LogP contribution in [0.25, 0.3) is 0 Å².